The van der Waals surface area contributed by atoms with E-state index in [1.165, 1.54) is 66.6 Å². The maximum atomic E-state index is 2.42. The van der Waals surface area contributed by atoms with Crippen molar-refractivity contribution < 1.29 is 0 Å². The molecule has 0 N–H and O–H groups in total. The lowest BCUT2D eigenvalue weighted by Crippen LogP contribution is -2.30. The fraction of sp³-hybridized carbons (Fsp3) is 0.226. The summed E-state index contributed by atoms with van der Waals surface area (Å²) in [6.45, 7) is 9.12. The molecule has 2 heterocycles. The van der Waals surface area contributed by atoms with Crippen LogP contribution in [0.15, 0.2) is 72.8 Å². The summed E-state index contributed by atoms with van der Waals surface area (Å²) in [6.07, 6.45) is 0. The maximum Gasteiger partial charge on any atom is 0.0495 e. The third kappa shape index (κ3) is 2.73. The first-order valence-corrected chi connectivity index (χ1v) is 11.7. The zero-order chi connectivity index (χ0) is 23.1. The van der Waals surface area contributed by atoms with Gasteiger partial charge in [-0.2, -0.15) is 0 Å². The van der Waals surface area contributed by atoms with Crippen LogP contribution < -0.4 is 4.90 Å². The SMILES string of the molecule is Cc1ccc2c(c1)c1cc(C)c(-c3ccc4c(c3)C(C)(C)c3ccccc3N4C)cc1n2C. The molecule has 0 radical (unpaired) electrons. The molecule has 0 saturated heterocycles. The molecule has 33 heavy (non-hydrogen) atoms. The van der Waals surface area contributed by atoms with E-state index in [0.717, 1.165) is 0 Å². The van der Waals surface area contributed by atoms with E-state index < -0.39 is 0 Å². The Labute approximate surface area is 196 Å². The fourth-order valence-corrected chi connectivity index (χ4v) is 5.85. The van der Waals surface area contributed by atoms with Gasteiger partial charge in [-0.1, -0.05) is 49.7 Å². The van der Waals surface area contributed by atoms with Crippen molar-refractivity contribution in [3.05, 3.63) is 95.1 Å². The first kappa shape index (κ1) is 20.1. The summed E-state index contributed by atoms with van der Waals surface area (Å²) in [7, 11) is 4.36. The first-order valence-electron chi connectivity index (χ1n) is 11.7. The highest BCUT2D eigenvalue weighted by Crippen LogP contribution is 2.49. The van der Waals surface area contributed by atoms with E-state index in [-0.39, 0.29) is 5.41 Å². The van der Waals surface area contributed by atoms with Gasteiger partial charge in [-0.25, -0.2) is 0 Å². The van der Waals surface area contributed by atoms with Crippen molar-refractivity contribution >= 4 is 33.2 Å². The van der Waals surface area contributed by atoms with Crippen molar-refractivity contribution in [1.82, 2.24) is 4.57 Å². The van der Waals surface area contributed by atoms with Crippen molar-refractivity contribution in [2.75, 3.05) is 11.9 Å². The van der Waals surface area contributed by atoms with Gasteiger partial charge in [0.25, 0.3) is 0 Å². The first-order chi connectivity index (χ1) is 15.8. The van der Waals surface area contributed by atoms with Gasteiger partial charge < -0.3 is 9.47 Å². The minimum atomic E-state index is -0.0520. The number of anilines is 2. The summed E-state index contributed by atoms with van der Waals surface area (Å²) in [5, 5.41) is 2.68. The molecule has 0 atom stereocenters. The van der Waals surface area contributed by atoms with E-state index in [2.05, 4.69) is 124 Å². The third-order valence-electron chi connectivity index (χ3n) is 7.79. The van der Waals surface area contributed by atoms with Crippen LogP contribution in [0.5, 0.6) is 0 Å². The van der Waals surface area contributed by atoms with Gasteiger partial charge in [0.05, 0.1) is 0 Å². The standard InChI is InChI=1S/C31H30N2/c1-19-11-13-27-23(15-19)24-16-20(2)22(18-30(24)32(27)5)21-12-14-29-26(17-21)31(3,4)25-9-7-8-10-28(25)33(29)6/h7-18H,1-6H3. The molecule has 164 valence electrons. The second-order valence-corrected chi connectivity index (χ2v) is 10.2. The minimum Gasteiger partial charge on any atom is -0.344 e. The number of nitrogens with zero attached hydrogens (tertiary/aromatic N) is 2. The number of fused-ring (bicyclic) bond motifs is 5. The Morgan fingerprint density at radius 3 is 2.21 bits per heavy atom. The Bertz CT molecular complexity index is 1580. The van der Waals surface area contributed by atoms with Crippen LogP contribution >= 0.6 is 0 Å². The lowest BCUT2D eigenvalue weighted by Gasteiger charge is -2.40. The summed E-state index contributed by atoms with van der Waals surface area (Å²) >= 11 is 0. The number of hydrogen-bond donors (Lipinski definition) is 0. The monoisotopic (exact) mass is 430 g/mol. The Hall–Kier alpha value is -3.52. The Balaban J connectivity index is 1.57. The molecule has 6 rings (SSSR count). The van der Waals surface area contributed by atoms with Crippen LogP contribution in [0.2, 0.25) is 0 Å². The van der Waals surface area contributed by atoms with Crippen molar-refractivity contribution in [2.24, 2.45) is 7.05 Å². The molecule has 1 aliphatic heterocycles. The molecule has 0 bridgehead atoms. The van der Waals surface area contributed by atoms with E-state index in [4.69, 9.17) is 0 Å². The highest BCUT2D eigenvalue weighted by molar-refractivity contribution is 6.09. The molecule has 2 heteroatoms. The van der Waals surface area contributed by atoms with Crippen LogP contribution in [0.3, 0.4) is 0 Å². The van der Waals surface area contributed by atoms with E-state index in [1.54, 1.807) is 0 Å². The molecular weight excluding hydrogens is 400 g/mol. The Kier molecular flexibility index (Phi) is 4.11. The van der Waals surface area contributed by atoms with Crippen molar-refractivity contribution in [3.63, 3.8) is 0 Å². The van der Waals surface area contributed by atoms with Gasteiger partial charge in [-0.15, -0.1) is 0 Å². The fourth-order valence-electron chi connectivity index (χ4n) is 5.85. The van der Waals surface area contributed by atoms with Crippen molar-refractivity contribution in [3.8, 4) is 11.1 Å². The van der Waals surface area contributed by atoms with Gasteiger partial charge in [0.1, 0.15) is 0 Å². The molecule has 0 unspecified atom stereocenters. The molecule has 0 amide bonds. The van der Waals surface area contributed by atoms with Gasteiger partial charge in [0, 0.05) is 52.7 Å². The topological polar surface area (TPSA) is 8.17 Å². The molecule has 0 saturated carbocycles. The summed E-state index contributed by atoms with van der Waals surface area (Å²) in [4.78, 5) is 2.34. The van der Waals surface area contributed by atoms with E-state index in [0.29, 0.717) is 0 Å². The van der Waals surface area contributed by atoms with Crippen LogP contribution in [-0.2, 0) is 12.5 Å². The summed E-state index contributed by atoms with van der Waals surface area (Å²) in [5.74, 6) is 0. The molecule has 2 nitrogen and oxygen atoms in total. The average Bonchev–Trinajstić information content (AvgIpc) is 3.07. The molecule has 5 aromatic rings. The van der Waals surface area contributed by atoms with Gasteiger partial charge in [-0.05, 0) is 84.1 Å². The molecular formula is C31H30N2. The Morgan fingerprint density at radius 2 is 1.39 bits per heavy atom. The van der Waals surface area contributed by atoms with Gasteiger partial charge in [-0.3, -0.25) is 0 Å². The number of para-hydroxylation sites is 1. The summed E-state index contributed by atoms with van der Waals surface area (Å²) < 4.78 is 2.33. The van der Waals surface area contributed by atoms with Crippen LogP contribution in [0.1, 0.15) is 36.1 Å². The van der Waals surface area contributed by atoms with E-state index >= 15 is 0 Å². The third-order valence-corrected chi connectivity index (χ3v) is 7.79. The lowest BCUT2D eigenvalue weighted by atomic mass is 9.73. The molecule has 1 aromatic heterocycles. The zero-order valence-electron chi connectivity index (χ0n) is 20.3. The van der Waals surface area contributed by atoms with Gasteiger partial charge >= 0.3 is 0 Å². The van der Waals surface area contributed by atoms with Crippen LogP contribution in [0.4, 0.5) is 11.4 Å². The van der Waals surface area contributed by atoms with Gasteiger partial charge in [0.15, 0.2) is 0 Å². The predicted octanol–water partition coefficient (Wildman–Crippen LogP) is 8.02. The molecule has 0 fully saturated rings. The number of hydrogen-bond acceptors (Lipinski definition) is 1. The van der Waals surface area contributed by atoms with Crippen LogP contribution in [0, 0.1) is 13.8 Å². The molecule has 0 aliphatic carbocycles. The second-order valence-electron chi connectivity index (χ2n) is 10.2. The predicted molar refractivity (Wildman–Crippen MR) is 142 cm³/mol. The molecule has 4 aromatic carbocycles. The summed E-state index contributed by atoms with van der Waals surface area (Å²) in [5.41, 5.74) is 13.1. The highest BCUT2D eigenvalue weighted by Gasteiger charge is 2.35. The highest BCUT2D eigenvalue weighted by atomic mass is 15.1. The lowest BCUT2D eigenvalue weighted by molar-refractivity contribution is 0.630. The largest absolute Gasteiger partial charge is 0.344 e. The smallest absolute Gasteiger partial charge is 0.0495 e. The maximum absolute atomic E-state index is 2.42. The second kappa shape index (κ2) is 6.74. The van der Waals surface area contributed by atoms with Gasteiger partial charge in [0.2, 0.25) is 0 Å². The van der Waals surface area contributed by atoms with Crippen molar-refractivity contribution in [2.45, 2.75) is 33.1 Å². The number of benzene rings is 4. The number of aryl methyl sites for hydroxylation is 3. The average molecular weight is 431 g/mol. The molecule has 1 aliphatic rings. The minimum absolute atomic E-state index is 0.0520. The quantitative estimate of drug-likeness (QED) is 0.261. The molecule has 0 spiro atoms. The number of aromatic nitrogens is 1. The normalized spacial score (nSPS) is 14.5. The van der Waals surface area contributed by atoms with Crippen LogP contribution in [0.25, 0.3) is 32.9 Å². The van der Waals surface area contributed by atoms with Crippen LogP contribution in [-0.4, -0.2) is 11.6 Å². The summed E-state index contributed by atoms with van der Waals surface area (Å²) in [6, 6.07) is 27.3. The van der Waals surface area contributed by atoms with E-state index in [1.807, 2.05) is 0 Å². The number of rotatable bonds is 1. The Morgan fingerprint density at radius 1 is 0.667 bits per heavy atom. The van der Waals surface area contributed by atoms with Crippen molar-refractivity contribution in [1.29, 1.82) is 0 Å². The van der Waals surface area contributed by atoms with E-state index in [9.17, 15) is 0 Å². The zero-order valence-corrected chi connectivity index (χ0v) is 20.3.